The zero-order valence-electron chi connectivity index (χ0n) is 14.0. The molecule has 0 aliphatic carbocycles. The lowest BCUT2D eigenvalue weighted by Gasteiger charge is -2.09. The molecule has 0 spiro atoms. The summed E-state index contributed by atoms with van der Waals surface area (Å²) >= 11 is 0. The van der Waals surface area contributed by atoms with Gasteiger partial charge < -0.3 is 4.74 Å². The third-order valence-electron chi connectivity index (χ3n) is 3.91. The van der Waals surface area contributed by atoms with Crippen LogP contribution in [0.1, 0.15) is 61.3 Å². The van der Waals surface area contributed by atoms with Gasteiger partial charge in [-0.1, -0.05) is 50.5 Å². The van der Waals surface area contributed by atoms with Crippen molar-refractivity contribution in [1.82, 2.24) is 15.0 Å². The van der Waals surface area contributed by atoms with E-state index in [4.69, 9.17) is 4.74 Å². The fourth-order valence-electron chi connectivity index (χ4n) is 2.43. The van der Waals surface area contributed by atoms with Crippen LogP contribution in [0.3, 0.4) is 0 Å². The van der Waals surface area contributed by atoms with Gasteiger partial charge in [-0.25, -0.2) is 4.68 Å². The molecule has 5 heteroatoms. The number of aldehydes is 1. The highest BCUT2D eigenvalue weighted by Gasteiger charge is 2.13. The maximum Gasteiger partial charge on any atom is 0.172 e. The predicted molar refractivity (Wildman–Crippen MR) is 89.7 cm³/mol. The summed E-state index contributed by atoms with van der Waals surface area (Å²) in [5, 5.41) is 8.02. The zero-order chi connectivity index (χ0) is 16.5. The molecule has 1 heterocycles. The lowest BCUT2D eigenvalue weighted by molar-refractivity contribution is 0.111. The van der Waals surface area contributed by atoms with Crippen LogP contribution in [0.4, 0.5) is 0 Å². The summed E-state index contributed by atoms with van der Waals surface area (Å²) in [5.41, 5.74) is 2.38. The minimum absolute atomic E-state index is 0.306. The second kappa shape index (κ2) is 9.08. The SMILES string of the molecule is CCCCCCn1nnc(C=O)c1COc1ccc(CC)cc1. The number of nitrogens with zero attached hydrogens (tertiary/aromatic N) is 3. The Morgan fingerprint density at radius 3 is 2.57 bits per heavy atom. The van der Waals surface area contributed by atoms with Crippen molar-refractivity contribution in [3.8, 4) is 5.75 Å². The number of rotatable bonds is 10. The molecule has 2 aromatic rings. The lowest BCUT2D eigenvalue weighted by atomic mass is 10.2. The van der Waals surface area contributed by atoms with Gasteiger partial charge >= 0.3 is 0 Å². The normalized spacial score (nSPS) is 10.7. The maximum absolute atomic E-state index is 11.1. The first kappa shape index (κ1) is 17.2. The number of carbonyl (C=O) groups excluding carboxylic acids is 1. The van der Waals surface area contributed by atoms with E-state index in [1.807, 2.05) is 12.1 Å². The maximum atomic E-state index is 11.1. The molecule has 1 aromatic carbocycles. The Morgan fingerprint density at radius 1 is 1.13 bits per heavy atom. The molecule has 0 atom stereocenters. The third kappa shape index (κ3) is 4.91. The van der Waals surface area contributed by atoms with Crippen LogP contribution in [0, 0.1) is 0 Å². The molecule has 0 amide bonds. The van der Waals surface area contributed by atoms with Gasteiger partial charge in [-0.15, -0.1) is 5.10 Å². The van der Waals surface area contributed by atoms with Crippen molar-refractivity contribution in [3.05, 3.63) is 41.2 Å². The van der Waals surface area contributed by atoms with Gasteiger partial charge in [0.15, 0.2) is 12.0 Å². The van der Waals surface area contributed by atoms with Gasteiger partial charge in [-0.05, 0) is 30.5 Å². The molecule has 0 saturated carbocycles. The second-order valence-electron chi connectivity index (χ2n) is 5.61. The molecule has 0 unspecified atom stereocenters. The number of carbonyl (C=O) groups is 1. The van der Waals surface area contributed by atoms with Crippen LogP contribution in [0.15, 0.2) is 24.3 Å². The molecule has 5 nitrogen and oxygen atoms in total. The molecule has 0 radical (unpaired) electrons. The second-order valence-corrected chi connectivity index (χ2v) is 5.61. The molecule has 0 aliphatic heterocycles. The molecule has 0 aliphatic rings. The van der Waals surface area contributed by atoms with Crippen LogP contribution in [0.2, 0.25) is 0 Å². The summed E-state index contributed by atoms with van der Waals surface area (Å²) in [6, 6.07) is 8.01. The van der Waals surface area contributed by atoms with Gasteiger partial charge in [0, 0.05) is 6.54 Å². The summed E-state index contributed by atoms with van der Waals surface area (Å²) in [6.07, 6.45) is 6.35. The number of benzene rings is 1. The quantitative estimate of drug-likeness (QED) is 0.494. The van der Waals surface area contributed by atoms with E-state index in [0.29, 0.717) is 12.3 Å². The molecule has 0 saturated heterocycles. The first-order chi connectivity index (χ1) is 11.3. The van der Waals surface area contributed by atoms with Crippen LogP contribution in [-0.4, -0.2) is 21.3 Å². The van der Waals surface area contributed by atoms with Crippen molar-refractivity contribution in [2.75, 3.05) is 0 Å². The minimum Gasteiger partial charge on any atom is -0.487 e. The molecule has 2 rings (SSSR count). The molecular weight excluding hydrogens is 290 g/mol. The standard InChI is InChI=1S/C18H25N3O2/c1-3-5-6-7-12-21-18(17(13-22)19-20-21)14-23-16-10-8-15(4-2)9-11-16/h8-11,13H,3-7,12,14H2,1-2H3. The number of ether oxygens (including phenoxy) is 1. The average molecular weight is 315 g/mol. The summed E-state index contributed by atoms with van der Waals surface area (Å²) in [4.78, 5) is 11.1. The average Bonchev–Trinajstić information content (AvgIpc) is 2.99. The van der Waals surface area contributed by atoms with Crippen molar-refractivity contribution in [3.63, 3.8) is 0 Å². The molecule has 0 N–H and O–H groups in total. The van der Waals surface area contributed by atoms with E-state index < -0.39 is 0 Å². The number of aromatic nitrogens is 3. The van der Waals surface area contributed by atoms with Crippen molar-refractivity contribution < 1.29 is 9.53 Å². The Morgan fingerprint density at radius 2 is 1.91 bits per heavy atom. The molecule has 0 bridgehead atoms. The third-order valence-corrected chi connectivity index (χ3v) is 3.91. The van der Waals surface area contributed by atoms with Crippen LogP contribution in [0.25, 0.3) is 0 Å². The molecule has 1 aromatic heterocycles. The molecule has 23 heavy (non-hydrogen) atoms. The van der Waals surface area contributed by atoms with E-state index in [1.165, 1.54) is 18.4 Å². The largest absolute Gasteiger partial charge is 0.487 e. The highest BCUT2D eigenvalue weighted by atomic mass is 16.5. The Hall–Kier alpha value is -2.17. The van der Waals surface area contributed by atoms with Gasteiger partial charge in [0.25, 0.3) is 0 Å². The Bertz CT molecular complexity index is 605. The van der Waals surface area contributed by atoms with Crippen LogP contribution in [-0.2, 0) is 19.6 Å². The number of aryl methyl sites for hydroxylation is 2. The number of hydrogen-bond donors (Lipinski definition) is 0. The van der Waals surface area contributed by atoms with E-state index in [-0.39, 0.29) is 0 Å². The van der Waals surface area contributed by atoms with E-state index in [9.17, 15) is 4.79 Å². The molecule has 124 valence electrons. The highest BCUT2D eigenvalue weighted by Crippen LogP contribution is 2.15. The summed E-state index contributed by atoms with van der Waals surface area (Å²) in [5.74, 6) is 0.790. The Balaban J connectivity index is 1.99. The van der Waals surface area contributed by atoms with Gasteiger partial charge in [0.1, 0.15) is 18.1 Å². The number of unbranched alkanes of at least 4 members (excludes halogenated alkanes) is 3. The first-order valence-corrected chi connectivity index (χ1v) is 8.37. The topological polar surface area (TPSA) is 57.0 Å². The van der Waals surface area contributed by atoms with Crippen molar-refractivity contribution >= 4 is 6.29 Å². The van der Waals surface area contributed by atoms with E-state index in [2.05, 4.69) is 36.3 Å². The van der Waals surface area contributed by atoms with Crippen molar-refractivity contribution in [2.24, 2.45) is 0 Å². The molecular formula is C18H25N3O2. The van der Waals surface area contributed by atoms with Crippen LogP contribution < -0.4 is 4.74 Å². The lowest BCUT2D eigenvalue weighted by Crippen LogP contribution is -2.09. The fourth-order valence-corrected chi connectivity index (χ4v) is 2.43. The smallest absolute Gasteiger partial charge is 0.172 e. The van der Waals surface area contributed by atoms with Crippen molar-refractivity contribution in [2.45, 2.75) is 59.1 Å². The van der Waals surface area contributed by atoms with E-state index in [1.54, 1.807) is 4.68 Å². The monoisotopic (exact) mass is 315 g/mol. The molecule has 0 fully saturated rings. The van der Waals surface area contributed by atoms with E-state index in [0.717, 1.165) is 43.5 Å². The van der Waals surface area contributed by atoms with Gasteiger partial charge in [0.05, 0.1) is 0 Å². The summed E-state index contributed by atoms with van der Waals surface area (Å²) < 4.78 is 7.59. The van der Waals surface area contributed by atoms with Crippen LogP contribution in [0.5, 0.6) is 5.75 Å². The predicted octanol–water partition coefficient (Wildman–Crippen LogP) is 3.81. The minimum atomic E-state index is 0.306. The van der Waals surface area contributed by atoms with Gasteiger partial charge in [0.2, 0.25) is 0 Å². The highest BCUT2D eigenvalue weighted by molar-refractivity contribution is 5.73. The zero-order valence-corrected chi connectivity index (χ0v) is 14.0. The van der Waals surface area contributed by atoms with E-state index >= 15 is 0 Å². The van der Waals surface area contributed by atoms with Gasteiger partial charge in [-0.2, -0.15) is 0 Å². The Kier molecular flexibility index (Phi) is 6.78. The fraction of sp³-hybridized carbons (Fsp3) is 0.500. The first-order valence-electron chi connectivity index (χ1n) is 8.37. The number of hydrogen-bond acceptors (Lipinski definition) is 4. The summed E-state index contributed by atoms with van der Waals surface area (Å²) in [6.45, 7) is 5.38. The Labute approximate surface area is 137 Å². The van der Waals surface area contributed by atoms with Gasteiger partial charge in [-0.3, -0.25) is 4.79 Å². The summed E-state index contributed by atoms with van der Waals surface area (Å²) in [7, 11) is 0. The van der Waals surface area contributed by atoms with Crippen molar-refractivity contribution in [1.29, 1.82) is 0 Å². The van der Waals surface area contributed by atoms with Crippen LogP contribution >= 0.6 is 0 Å².